The average molecular weight is 287 g/mol. The molecule has 1 aromatic carbocycles. The van der Waals surface area contributed by atoms with Gasteiger partial charge in [0.25, 0.3) is 0 Å². The Morgan fingerprint density at radius 3 is 2.67 bits per heavy atom. The van der Waals surface area contributed by atoms with Gasteiger partial charge in [0.2, 0.25) is 0 Å². The van der Waals surface area contributed by atoms with E-state index in [4.69, 9.17) is 4.74 Å². The minimum atomic E-state index is 0.854. The van der Waals surface area contributed by atoms with E-state index in [9.17, 15) is 0 Å². The van der Waals surface area contributed by atoms with Crippen LogP contribution in [0.25, 0.3) is 5.69 Å². The maximum Gasteiger partial charge on any atom is 0.0991 e. The zero-order chi connectivity index (χ0) is 14.8. The minimum Gasteiger partial charge on any atom is -0.381 e. The molecule has 1 N–H and O–H groups in total. The van der Waals surface area contributed by atoms with Crippen molar-refractivity contribution in [3.63, 3.8) is 0 Å². The summed E-state index contributed by atoms with van der Waals surface area (Å²) >= 11 is 0. The zero-order valence-electron chi connectivity index (χ0n) is 12.8. The molecule has 0 radical (unpaired) electrons. The molecule has 0 saturated heterocycles. The molecule has 0 bridgehead atoms. The molecule has 21 heavy (non-hydrogen) atoms. The van der Waals surface area contributed by atoms with E-state index in [2.05, 4.69) is 41.5 Å². The van der Waals surface area contributed by atoms with Crippen LogP contribution in [0.15, 0.2) is 43.0 Å². The Labute approximate surface area is 127 Å². The lowest BCUT2D eigenvalue weighted by Crippen LogP contribution is -2.16. The van der Waals surface area contributed by atoms with Gasteiger partial charge >= 0.3 is 0 Å². The molecule has 4 nitrogen and oxygen atoms in total. The summed E-state index contributed by atoms with van der Waals surface area (Å²) in [5, 5.41) is 3.45. The Kier molecular flexibility index (Phi) is 6.98. The summed E-state index contributed by atoms with van der Waals surface area (Å²) in [6, 6.07) is 8.54. The predicted molar refractivity (Wildman–Crippen MR) is 85.6 cm³/mol. The van der Waals surface area contributed by atoms with Gasteiger partial charge in [-0.3, -0.25) is 0 Å². The average Bonchev–Trinajstić information content (AvgIpc) is 3.05. The fourth-order valence-corrected chi connectivity index (χ4v) is 2.08. The van der Waals surface area contributed by atoms with E-state index in [-0.39, 0.29) is 0 Å². The third-order valence-electron chi connectivity index (χ3n) is 3.35. The maximum absolute atomic E-state index is 5.53. The maximum atomic E-state index is 5.53. The van der Waals surface area contributed by atoms with Crippen LogP contribution < -0.4 is 5.32 Å². The molecule has 1 heterocycles. The highest BCUT2D eigenvalue weighted by Gasteiger charge is 1.97. The van der Waals surface area contributed by atoms with Gasteiger partial charge in [0, 0.05) is 37.8 Å². The number of nitrogens with zero attached hydrogens (tertiary/aromatic N) is 2. The lowest BCUT2D eigenvalue weighted by molar-refractivity contribution is 0.129. The van der Waals surface area contributed by atoms with Crippen LogP contribution in [-0.2, 0) is 11.3 Å². The second-order valence-corrected chi connectivity index (χ2v) is 5.13. The van der Waals surface area contributed by atoms with E-state index < -0.39 is 0 Å². The number of aromatic nitrogens is 2. The SMILES string of the molecule is CCCCOCCCNCc1ccc(-n2ccnc2)cc1. The summed E-state index contributed by atoms with van der Waals surface area (Å²) in [6.45, 7) is 5.83. The van der Waals surface area contributed by atoms with Crippen LogP contribution in [0.2, 0.25) is 0 Å². The van der Waals surface area contributed by atoms with Crippen molar-refractivity contribution in [2.45, 2.75) is 32.7 Å². The number of nitrogens with one attached hydrogen (secondary N) is 1. The Balaban J connectivity index is 1.61. The van der Waals surface area contributed by atoms with Gasteiger partial charge in [-0.15, -0.1) is 0 Å². The van der Waals surface area contributed by atoms with Crippen molar-refractivity contribution < 1.29 is 4.74 Å². The van der Waals surface area contributed by atoms with E-state index in [1.165, 1.54) is 12.0 Å². The third-order valence-corrected chi connectivity index (χ3v) is 3.35. The number of benzene rings is 1. The van der Waals surface area contributed by atoms with Crippen molar-refractivity contribution >= 4 is 0 Å². The smallest absolute Gasteiger partial charge is 0.0991 e. The number of hydrogen-bond acceptors (Lipinski definition) is 3. The molecule has 0 atom stereocenters. The summed E-state index contributed by atoms with van der Waals surface area (Å²) in [6.07, 6.45) is 8.98. The first-order valence-corrected chi connectivity index (χ1v) is 7.76. The molecule has 0 aliphatic carbocycles. The Hall–Kier alpha value is -1.65. The van der Waals surface area contributed by atoms with Crippen LogP contribution in [0.1, 0.15) is 31.7 Å². The molecule has 114 valence electrons. The van der Waals surface area contributed by atoms with Crippen LogP contribution in [-0.4, -0.2) is 29.3 Å². The first-order valence-electron chi connectivity index (χ1n) is 7.76. The standard InChI is InChI=1S/C17H25N3O/c1-2-3-12-21-13-4-9-18-14-16-5-7-17(8-6-16)20-11-10-19-15-20/h5-8,10-11,15,18H,2-4,9,12-14H2,1H3. The number of imidazole rings is 1. The molecule has 4 heteroatoms. The molecule has 0 unspecified atom stereocenters. The highest BCUT2D eigenvalue weighted by atomic mass is 16.5. The Morgan fingerprint density at radius 2 is 1.95 bits per heavy atom. The summed E-state index contributed by atoms with van der Waals surface area (Å²) in [5.41, 5.74) is 2.44. The lowest BCUT2D eigenvalue weighted by Gasteiger charge is -2.07. The first-order chi connectivity index (χ1) is 10.4. The molecule has 0 saturated carbocycles. The molecule has 0 aliphatic rings. The largest absolute Gasteiger partial charge is 0.381 e. The second-order valence-electron chi connectivity index (χ2n) is 5.13. The van der Waals surface area contributed by atoms with Gasteiger partial charge < -0.3 is 14.6 Å². The topological polar surface area (TPSA) is 39.1 Å². The van der Waals surface area contributed by atoms with Crippen LogP contribution in [0, 0.1) is 0 Å². The first kappa shape index (κ1) is 15.7. The minimum absolute atomic E-state index is 0.854. The lowest BCUT2D eigenvalue weighted by atomic mass is 10.2. The summed E-state index contributed by atoms with van der Waals surface area (Å²) in [7, 11) is 0. The molecule has 1 aromatic heterocycles. The van der Waals surface area contributed by atoms with Crippen LogP contribution in [0.3, 0.4) is 0 Å². The second kappa shape index (κ2) is 9.32. The molecule has 2 rings (SSSR count). The summed E-state index contributed by atoms with van der Waals surface area (Å²) < 4.78 is 7.54. The predicted octanol–water partition coefficient (Wildman–Crippen LogP) is 3.17. The van der Waals surface area contributed by atoms with Gasteiger partial charge in [-0.25, -0.2) is 4.98 Å². The number of unbranched alkanes of at least 4 members (excludes halogenated alkanes) is 1. The van der Waals surface area contributed by atoms with Crippen molar-refractivity contribution in [2.24, 2.45) is 0 Å². The van der Waals surface area contributed by atoms with E-state index in [1.54, 1.807) is 6.20 Å². The third kappa shape index (κ3) is 5.69. The van der Waals surface area contributed by atoms with Crippen LogP contribution >= 0.6 is 0 Å². The quantitative estimate of drug-likeness (QED) is 0.682. The number of rotatable bonds is 10. The van der Waals surface area contributed by atoms with Gasteiger partial charge in [-0.05, 0) is 37.1 Å². The highest BCUT2D eigenvalue weighted by molar-refractivity contribution is 5.34. The van der Waals surface area contributed by atoms with Gasteiger partial charge in [0.05, 0.1) is 6.33 Å². The van der Waals surface area contributed by atoms with Crippen LogP contribution in [0.5, 0.6) is 0 Å². The van der Waals surface area contributed by atoms with Gasteiger partial charge in [-0.1, -0.05) is 25.5 Å². The summed E-state index contributed by atoms with van der Waals surface area (Å²) in [4.78, 5) is 4.06. The van der Waals surface area contributed by atoms with Gasteiger partial charge in [-0.2, -0.15) is 0 Å². The van der Waals surface area contributed by atoms with Crippen molar-refractivity contribution in [1.29, 1.82) is 0 Å². The number of ether oxygens (including phenoxy) is 1. The van der Waals surface area contributed by atoms with Gasteiger partial charge in [0.1, 0.15) is 0 Å². The summed E-state index contributed by atoms with van der Waals surface area (Å²) in [5.74, 6) is 0. The molecule has 0 fully saturated rings. The van der Waals surface area contributed by atoms with Crippen molar-refractivity contribution in [3.8, 4) is 5.69 Å². The van der Waals surface area contributed by atoms with E-state index in [1.807, 2.05) is 17.1 Å². The number of hydrogen-bond donors (Lipinski definition) is 1. The molecule has 2 aromatic rings. The molecule has 0 spiro atoms. The Bertz CT molecular complexity index is 479. The highest BCUT2D eigenvalue weighted by Crippen LogP contribution is 2.09. The normalized spacial score (nSPS) is 10.9. The Morgan fingerprint density at radius 1 is 1.14 bits per heavy atom. The monoisotopic (exact) mass is 287 g/mol. The molecular weight excluding hydrogens is 262 g/mol. The fourth-order valence-electron chi connectivity index (χ4n) is 2.08. The van der Waals surface area contributed by atoms with E-state index in [0.717, 1.165) is 44.8 Å². The fraction of sp³-hybridized carbons (Fsp3) is 0.471. The van der Waals surface area contributed by atoms with Gasteiger partial charge in [0.15, 0.2) is 0 Å². The van der Waals surface area contributed by atoms with Crippen molar-refractivity contribution in [2.75, 3.05) is 19.8 Å². The molecule has 0 amide bonds. The zero-order valence-corrected chi connectivity index (χ0v) is 12.8. The van der Waals surface area contributed by atoms with Crippen molar-refractivity contribution in [3.05, 3.63) is 48.5 Å². The molecule has 0 aliphatic heterocycles. The van der Waals surface area contributed by atoms with E-state index in [0.29, 0.717) is 0 Å². The van der Waals surface area contributed by atoms with E-state index >= 15 is 0 Å². The van der Waals surface area contributed by atoms with Crippen molar-refractivity contribution in [1.82, 2.24) is 14.9 Å². The van der Waals surface area contributed by atoms with Crippen LogP contribution in [0.4, 0.5) is 0 Å². The molecular formula is C17H25N3O.